The number of likely N-dealkylation sites (N-methyl/N-ethyl adjacent to an activating group) is 1. The van der Waals surface area contributed by atoms with Crippen LogP contribution in [-0.2, 0) is 32.7 Å². The highest BCUT2D eigenvalue weighted by molar-refractivity contribution is 7.47. The van der Waals surface area contributed by atoms with Crippen molar-refractivity contribution in [3.8, 4) is 0 Å². The molecule has 0 aromatic heterocycles. The molecule has 0 radical (unpaired) electrons. The minimum absolute atomic E-state index is 0.0214. The van der Waals surface area contributed by atoms with Crippen LogP contribution < -0.4 is 0 Å². The number of phosphoric ester groups is 1. The highest BCUT2D eigenvalue weighted by Crippen LogP contribution is 2.43. The lowest BCUT2D eigenvalue weighted by molar-refractivity contribution is -0.870. The number of allylic oxidation sites excluding steroid dienone is 10. The van der Waals surface area contributed by atoms with Crippen molar-refractivity contribution in [3.63, 3.8) is 0 Å². The average Bonchev–Trinajstić information content (AvgIpc) is 3.10. The number of hydrogen-bond donors (Lipinski definition) is 1. The monoisotopic (exact) mass is 767 g/mol. The predicted octanol–water partition coefficient (Wildman–Crippen LogP) is 11.3. The molecule has 10 heteroatoms. The molecule has 0 aliphatic carbocycles. The van der Waals surface area contributed by atoms with Crippen molar-refractivity contribution in [2.45, 2.75) is 155 Å². The van der Waals surface area contributed by atoms with Gasteiger partial charge in [-0.25, -0.2) is 4.57 Å². The summed E-state index contributed by atoms with van der Waals surface area (Å²) in [6.07, 6.45) is 41.3. The zero-order chi connectivity index (χ0) is 39.3. The van der Waals surface area contributed by atoms with E-state index in [1.807, 2.05) is 21.1 Å². The first-order chi connectivity index (χ1) is 25.5. The van der Waals surface area contributed by atoms with Gasteiger partial charge in [-0.3, -0.25) is 18.6 Å². The standard InChI is InChI=1S/C43H76NO8P/c1-6-8-10-12-14-16-18-20-21-22-23-24-26-27-29-31-33-35-42(45)49-39-41(40-51-53(47,48)50-38-37-44(3,4)5)52-43(46)36-34-32-30-28-25-19-17-15-13-11-9-7-2/h8,10,14,16,20-21,23-24,27,29,41H,6-7,9,11-13,15,17-19,22,25-26,28,30-40H2,1-5H3/p+1/b10-8+,16-14+,21-20+,24-23+,29-27+/t41-/m0/s1. The average molecular weight is 767 g/mol. The van der Waals surface area contributed by atoms with Crippen molar-refractivity contribution in [1.29, 1.82) is 0 Å². The Morgan fingerprint density at radius 3 is 1.58 bits per heavy atom. The molecule has 53 heavy (non-hydrogen) atoms. The van der Waals surface area contributed by atoms with Gasteiger partial charge in [-0.2, -0.15) is 0 Å². The van der Waals surface area contributed by atoms with Crippen molar-refractivity contribution < 1.29 is 42.1 Å². The minimum atomic E-state index is -4.38. The zero-order valence-corrected chi connectivity index (χ0v) is 35.1. The van der Waals surface area contributed by atoms with Gasteiger partial charge in [0.05, 0.1) is 27.7 Å². The van der Waals surface area contributed by atoms with Crippen LogP contribution in [0.3, 0.4) is 0 Å². The van der Waals surface area contributed by atoms with Gasteiger partial charge < -0.3 is 18.9 Å². The normalized spacial score (nSPS) is 14.3. The maximum atomic E-state index is 12.6. The Morgan fingerprint density at radius 2 is 1.08 bits per heavy atom. The molecule has 0 amide bonds. The van der Waals surface area contributed by atoms with E-state index >= 15 is 0 Å². The number of phosphoric acid groups is 1. The smallest absolute Gasteiger partial charge is 0.462 e. The summed E-state index contributed by atoms with van der Waals surface area (Å²) in [5, 5.41) is 0. The third-order valence-electron chi connectivity index (χ3n) is 8.31. The van der Waals surface area contributed by atoms with E-state index in [4.69, 9.17) is 18.5 Å². The van der Waals surface area contributed by atoms with E-state index in [9.17, 15) is 19.0 Å². The highest BCUT2D eigenvalue weighted by Gasteiger charge is 2.27. The summed E-state index contributed by atoms with van der Waals surface area (Å²) in [5.74, 6) is -0.871. The van der Waals surface area contributed by atoms with Crippen LogP contribution in [0.4, 0.5) is 0 Å². The molecule has 0 rings (SSSR count). The molecule has 0 fully saturated rings. The van der Waals surface area contributed by atoms with Crippen LogP contribution in [0.5, 0.6) is 0 Å². The maximum Gasteiger partial charge on any atom is 0.472 e. The molecule has 9 nitrogen and oxygen atoms in total. The van der Waals surface area contributed by atoms with E-state index in [-0.39, 0.29) is 26.1 Å². The summed E-state index contributed by atoms with van der Waals surface area (Å²) in [5.41, 5.74) is 0. The number of hydrogen-bond acceptors (Lipinski definition) is 7. The molecule has 0 bridgehead atoms. The molecule has 0 aliphatic heterocycles. The van der Waals surface area contributed by atoms with Gasteiger partial charge in [0.2, 0.25) is 0 Å². The number of ether oxygens (including phenoxy) is 2. The lowest BCUT2D eigenvalue weighted by Gasteiger charge is -2.24. The molecule has 306 valence electrons. The maximum absolute atomic E-state index is 12.6. The Labute approximate surface area is 324 Å². The zero-order valence-electron chi connectivity index (χ0n) is 34.2. The molecule has 0 saturated heterocycles. The fraction of sp³-hybridized carbons (Fsp3) is 0.721. The second kappa shape index (κ2) is 35.4. The van der Waals surface area contributed by atoms with Crippen LogP contribution in [0.25, 0.3) is 0 Å². The van der Waals surface area contributed by atoms with E-state index in [2.05, 4.69) is 74.6 Å². The van der Waals surface area contributed by atoms with Gasteiger partial charge in [0, 0.05) is 12.8 Å². The van der Waals surface area contributed by atoms with Crippen molar-refractivity contribution >= 4 is 19.8 Å². The van der Waals surface area contributed by atoms with Gasteiger partial charge in [-0.05, 0) is 51.4 Å². The van der Waals surface area contributed by atoms with Crippen LogP contribution in [0.15, 0.2) is 60.8 Å². The van der Waals surface area contributed by atoms with Crippen LogP contribution in [0, 0.1) is 0 Å². The van der Waals surface area contributed by atoms with E-state index in [0.29, 0.717) is 23.9 Å². The lowest BCUT2D eigenvalue weighted by Crippen LogP contribution is -2.37. The predicted molar refractivity (Wildman–Crippen MR) is 219 cm³/mol. The third kappa shape index (κ3) is 39.2. The largest absolute Gasteiger partial charge is 0.472 e. The number of nitrogens with zero attached hydrogens (tertiary/aromatic N) is 1. The Bertz CT molecular complexity index is 1090. The van der Waals surface area contributed by atoms with Gasteiger partial charge in [0.1, 0.15) is 19.8 Å². The SMILES string of the molecule is CC/C=C/C/C=C/C/C=C/C/C=C/C/C=C/CCCC(=O)OC[C@@H](COP(=O)(O)OCC[N+](C)(C)C)OC(=O)CCCCCCCCCCCCCC. The molecule has 1 unspecified atom stereocenters. The van der Waals surface area contributed by atoms with Crippen LogP contribution in [-0.4, -0.2) is 74.9 Å². The lowest BCUT2D eigenvalue weighted by atomic mass is 10.0. The summed E-state index contributed by atoms with van der Waals surface area (Å²) in [4.78, 5) is 35.2. The number of quaternary nitrogens is 1. The quantitative estimate of drug-likeness (QED) is 0.0221. The fourth-order valence-electron chi connectivity index (χ4n) is 5.11. The first-order valence-electron chi connectivity index (χ1n) is 20.5. The number of rotatable bonds is 36. The minimum Gasteiger partial charge on any atom is -0.462 e. The number of carbonyl (C=O) groups excluding carboxylic acids is 2. The van der Waals surface area contributed by atoms with Crippen molar-refractivity contribution in [3.05, 3.63) is 60.8 Å². The van der Waals surface area contributed by atoms with E-state index < -0.39 is 32.5 Å². The van der Waals surface area contributed by atoms with Gasteiger partial charge in [-0.15, -0.1) is 0 Å². The van der Waals surface area contributed by atoms with Crippen LogP contribution >= 0.6 is 7.82 Å². The molecule has 0 aromatic rings. The Hall–Kier alpha value is -2.29. The number of carbonyl (C=O) groups is 2. The first kappa shape index (κ1) is 50.7. The highest BCUT2D eigenvalue weighted by atomic mass is 31.2. The second-order valence-corrected chi connectivity index (χ2v) is 16.1. The molecular weight excluding hydrogens is 689 g/mol. The van der Waals surface area contributed by atoms with E-state index in [0.717, 1.165) is 57.8 Å². The second-order valence-electron chi connectivity index (χ2n) is 14.6. The van der Waals surface area contributed by atoms with Crippen LogP contribution in [0.2, 0.25) is 0 Å². The Kier molecular flexibility index (Phi) is 33.9. The molecular formula is C43H77NO8P+. The van der Waals surface area contributed by atoms with Crippen LogP contribution in [0.1, 0.15) is 149 Å². The molecule has 0 heterocycles. The topological polar surface area (TPSA) is 108 Å². The first-order valence-corrected chi connectivity index (χ1v) is 22.0. The van der Waals surface area contributed by atoms with Crippen molar-refractivity contribution in [2.24, 2.45) is 0 Å². The van der Waals surface area contributed by atoms with Crippen molar-refractivity contribution in [1.82, 2.24) is 0 Å². The van der Waals surface area contributed by atoms with Gasteiger partial charge >= 0.3 is 19.8 Å². The summed E-state index contributed by atoms with van der Waals surface area (Å²) in [6, 6.07) is 0. The number of unbranched alkanes of at least 4 members (excludes halogenated alkanes) is 12. The summed E-state index contributed by atoms with van der Waals surface area (Å²) in [7, 11) is 1.44. The van der Waals surface area contributed by atoms with E-state index in [1.165, 1.54) is 51.4 Å². The van der Waals surface area contributed by atoms with E-state index in [1.54, 1.807) is 0 Å². The summed E-state index contributed by atoms with van der Waals surface area (Å²) in [6.45, 7) is 4.22. The Morgan fingerprint density at radius 1 is 0.604 bits per heavy atom. The summed E-state index contributed by atoms with van der Waals surface area (Å²) >= 11 is 0. The molecule has 2 atom stereocenters. The third-order valence-corrected chi connectivity index (χ3v) is 9.30. The fourth-order valence-corrected chi connectivity index (χ4v) is 5.85. The van der Waals surface area contributed by atoms with Crippen molar-refractivity contribution in [2.75, 3.05) is 47.5 Å². The van der Waals surface area contributed by atoms with Gasteiger partial charge in [-0.1, -0.05) is 145 Å². The molecule has 1 N–H and O–H groups in total. The molecule has 0 aromatic carbocycles. The summed E-state index contributed by atoms with van der Waals surface area (Å²) < 4.78 is 34.1. The molecule has 0 saturated carbocycles. The van der Waals surface area contributed by atoms with Gasteiger partial charge in [0.25, 0.3) is 0 Å². The molecule has 0 spiro atoms. The molecule has 0 aliphatic rings. The van der Waals surface area contributed by atoms with Gasteiger partial charge in [0.15, 0.2) is 6.10 Å². The Balaban J connectivity index is 4.50. The number of esters is 2.